The van der Waals surface area contributed by atoms with Crippen LogP contribution in [0.15, 0.2) is 23.1 Å². The standard InChI is InChI=1S/C18H21ClF3N3O2S/c1-11-4-5-12(2)14(10-11)28(26,27)23-8-3-9-25-16(13-6-7-13)15(19)17(24-25)18(20,21)22/h4-5,10,13,23H,3,6-9H2,1-2H3. The molecule has 1 aromatic heterocycles. The quantitative estimate of drug-likeness (QED) is 0.655. The number of aromatic nitrogens is 2. The second-order valence-corrected chi connectivity index (χ2v) is 9.18. The molecule has 5 nitrogen and oxygen atoms in total. The van der Waals surface area contributed by atoms with Crippen LogP contribution in [0.4, 0.5) is 13.2 Å². The summed E-state index contributed by atoms with van der Waals surface area (Å²) in [5.74, 6) is -0.0114. The third-order valence-corrected chi connectivity index (χ3v) is 6.61. The van der Waals surface area contributed by atoms with Crippen LogP contribution in [0.2, 0.25) is 5.02 Å². The van der Waals surface area contributed by atoms with Gasteiger partial charge in [0.05, 0.1) is 15.6 Å². The van der Waals surface area contributed by atoms with Crippen molar-refractivity contribution in [1.29, 1.82) is 0 Å². The average molecular weight is 436 g/mol. The predicted molar refractivity (Wildman–Crippen MR) is 99.9 cm³/mol. The number of aryl methyl sites for hydroxylation is 3. The average Bonchev–Trinajstić information content (AvgIpc) is 3.36. The Kier molecular flexibility index (Phi) is 5.80. The third-order valence-electron chi connectivity index (χ3n) is 4.64. The number of benzene rings is 1. The van der Waals surface area contributed by atoms with E-state index >= 15 is 0 Å². The first kappa shape index (κ1) is 21.1. The van der Waals surface area contributed by atoms with Crippen LogP contribution in [0.5, 0.6) is 0 Å². The van der Waals surface area contributed by atoms with Crippen LogP contribution >= 0.6 is 11.6 Å². The van der Waals surface area contributed by atoms with E-state index in [1.807, 2.05) is 6.07 Å². The predicted octanol–water partition coefficient (Wildman–Crippen LogP) is 4.42. The lowest BCUT2D eigenvalue weighted by molar-refractivity contribution is -0.141. The monoisotopic (exact) mass is 435 g/mol. The number of hydrogen-bond acceptors (Lipinski definition) is 3. The van der Waals surface area contributed by atoms with Gasteiger partial charge in [-0.3, -0.25) is 4.68 Å². The summed E-state index contributed by atoms with van der Waals surface area (Å²) in [5, 5.41) is 3.30. The fourth-order valence-corrected chi connectivity index (χ4v) is 4.86. The lowest BCUT2D eigenvalue weighted by Crippen LogP contribution is -2.26. The number of nitrogens with one attached hydrogen (secondary N) is 1. The topological polar surface area (TPSA) is 64.0 Å². The summed E-state index contributed by atoms with van der Waals surface area (Å²) in [6.45, 7) is 3.74. The molecular weight excluding hydrogens is 415 g/mol. The van der Waals surface area contributed by atoms with Crippen molar-refractivity contribution < 1.29 is 21.6 Å². The maximum Gasteiger partial charge on any atom is 0.436 e. The van der Waals surface area contributed by atoms with Crippen LogP contribution < -0.4 is 4.72 Å². The van der Waals surface area contributed by atoms with Crippen molar-refractivity contribution in [3.63, 3.8) is 0 Å². The van der Waals surface area contributed by atoms with Crippen molar-refractivity contribution in [2.75, 3.05) is 6.54 Å². The molecular formula is C18H21ClF3N3O2S. The normalized spacial score (nSPS) is 15.2. The molecule has 0 unspecified atom stereocenters. The fourth-order valence-electron chi connectivity index (χ4n) is 3.06. The second-order valence-electron chi connectivity index (χ2n) is 7.06. The van der Waals surface area contributed by atoms with E-state index < -0.39 is 21.9 Å². The molecule has 0 atom stereocenters. The maximum absolute atomic E-state index is 13.1. The first-order chi connectivity index (χ1) is 13.0. The lowest BCUT2D eigenvalue weighted by Gasteiger charge is -2.11. The van der Waals surface area contributed by atoms with E-state index in [0.29, 0.717) is 17.7 Å². The van der Waals surface area contributed by atoms with Gasteiger partial charge in [-0.2, -0.15) is 18.3 Å². The summed E-state index contributed by atoms with van der Waals surface area (Å²) in [6, 6.07) is 5.15. The van der Waals surface area contributed by atoms with E-state index in [2.05, 4.69) is 9.82 Å². The Morgan fingerprint density at radius 3 is 2.57 bits per heavy atom. The molecule has 1 aliphatic rings. The summed E-state index contributed by atoms with van der Waals surface area (Å²) < 4.78 is 68.0. The minimum Gasteiger partial charge on any atom is -0.267 e. The summed E-state index contributed by atoms with van der Waals surface area (Å²) in [7, 11) is -3.69. The fraction of sp³-hybridized carbons (Fsp3) is 0.500. The Morgan fingerprint density at radius 1 is 1.29 bits per heavy atom. The van der Waals surface area contributed by atoms with Gasteiger partial charge in [0.15, 0.2) is 5.69 Å². The number of halogens is 4. The minimum absolute atomic E-state index is 0.0114. The number of nitrogens with zero attached hydrogens (tertiary/aromatic N) is 2. The highest BCUT2D eigenvalue weighted by Crippen LogP contribution is 2.46. The van der Waals surface area contributed by atoms with E-state index in [9.17, 15) is 21.6 Å². The zero-order chi connectivity index (χ0) is 20.7. The van der Waals surface area contributed by atoms with E-state index in [-0.39, 0.29) is 28.9 Å². The molecule has 0 amide bonds. The Morgan fingerprint density at radius 2 is 1.96 bits per heavy atom. The molecule has 3 rings (SSSR count). The van der Waals surface area contributed by atoms with E-state index in [1.165, 1.54) is 4.68 Å². The van der Waals surface area contributed by atoms with Crippen molar-refractivity contribution in [2.24, 2.45) is 0 Å². The number of sulfonamides is 1. The Hall–Kier alpha value is -1.58. The molecule has 0 radical (unpaired) electrons. The van der Waals surface area contributed by atoms with E-state index in [0.717, 1.165) is 18.4 Å². The molecule has 154 valence electrons. The zero-order valence-corrected chi connectivity index (χ0v) is 17.0. The van der Waals surface area contributed by atoms with Gasteiger partial charge >= 0.3 is 6.18 Å². The van der Waals surface area contributed by atoms with Gasteiger partial charge in [0, 0.05) is 19.0 Å². The highest BCUT2D eigenvalue weighted by atomic mass is 35.5. The van der Waals surface area contributed by atoms with Crippen LogP contribution in [-0.2, 0) is 22.7 Å². The molecule has 1 N–H and O–H groups in total. The molecule has 1 aromatic carbocycles. The molecule has 1 fully saturated rings. The Balaban J connectivity index is 1.68. The van der Waals surface area contributed by atoms with E-state index in [1.54, 1.807) is 26.0 Å². The minimum atomic E-state index is -4.61. The molecule has 28 heavy (non-hydrogen) atoms. The van der Waals surface area contributed by atoms with Crippen molar-refractivity contribution in [3.8, 4) is 0 Å². The third kappa shape index (κ3) is 4.52. The van der Waals surface area contributed by atoms with Gasteiger partial charge in [-0.25, -0.2) is 13.1 Å². The molecule has 0 saturated heterocycles. The Bertz CT molecular complexity index is 983. The molecule has 0 bridgehead atoms. The number of rotatable bonds is 7. The van der Waals surface area contributed by atoms with Crippen molar-refractivity contribution >= 4 is 21.6 Å². The Labute approximate surface area is 166 Å². The molecule has 2 aromatic rings. The smallest absolute Gasteiger partial charge is 0.267 e. The summed E-state index contributed by atoms with van der Waals surface area (Å²) >= 11 is 5.93. The van der Waals surface area contributed by atoms with Crippen molar-refractivity contribution in [2.45, 2.75) is 56.6 Å². The first-order valence-corrected chi connectivity index (χ1v) is 10.8. The van der Waals surface area contributed by atoms with Crippen molar-refractivity contribution in [1.82, 2.24) is 14.5 Å². The highest BCUT2D eigenvalue weighted by Gasteiger charge is 2.41. The summed E-state index contributed by atoms with van der Waals surface area (Å²) in [5.41, 5.74) is 0.770. The molecule has 1 heterocycles. The molecule has 1 saturated carbocycles. The summed E-state index contributed by atoms with van der Waals surface area (Å²) in [4.78, 5) is 0.202. The highest BCUT2D eigenvalue weighted by molar-refractivity contribution is 7.89. The van der Waals surface area contributed by atoms with Gasteiger partial charge in [0.25, 0.3) is 0 Å². The van der Waals surface area contributed by atoms with Gasteiger partial charge < -0.3 is 0 Å². The van der Waals surface area contributed by atoms with Gasteiger partial charge in [0.2, 0.25) is 10.0 Å². The SMILES string of the molecule is Cc1ccc(C)c(S(=O)(=O)NCCCn2nc(C(F)(F)F)c(Cl)c2C2CC2)c1. The van der Waals surface area contributed by atoms with Crippen LogP contribution in [0.1, 0.15) is 47.7 Å². The molecule has 0 aliphatic heterocycles. The number of alkyl halides is 3. The van der Waals surface area contributed by atoms with Crippen molar-refractivity contribution in [3.05, 3.63) is 45.7 Å². The molecule has 0 spiro atoms. The zero-order valence-electron chi connectivity index (χ0n) is 15.5. The first-order valence-electron chi connectivity index (χ1n) is 8.91. The maximum atomic E-state index is 13.1. The van der Waals surface area contributed by atoms with Gasteiger partial charge in [0.1, 0.15) is 0 Å². The van der Waals surface area contributed by atoms with Crippen LogP contribution in [0, 0.1) is 13.8 Å². The van der Waals surface area contributed by atoms with Gasteiger partial charge in [-0.05, 0) is 50.3 Å². The largest absolute Gasteiger partial charge is 0.436 e. The summed E-state index contributed by atoms with van der Waals surface area (Å²) in [6.07, 6.45) is -2.76. The van der Waals surface area contributed by atoms with Crippen LogP contribution in [-0.4, -0.2) is 24.7 Å². The van der Waals surface area contributed by atoms with Gasteiger partial charge in [-0.1, -0.05) is 23.7 Å². The lowest BCUT2D eigenvalue weighted by atomic mass is 10.2. The number of hydrogen-bond donors (Lipinski definition) is 1. The van der Waals surface area contributed by atoms with Crippen LogP contribution in [0.3, 0.4) is 0 Å². The molecule has 1 aliphatic carbocycles. The van der Waals surface area contributed by atoms with Gasteiger partial charge in [-0.15, -0.1) is 0 Å². The van der Waals surface area contributed by atoms with Crippen LogP contribution in [0.25, 0.3) is 0 Å². The second kappa shape index (κ2) is 7.68. The molecule has 10 heteroatoms. The van der Waals surface area contributed by atoms with E-state index in [4.69, 9.17) is 11.6 Å².